The van der Waals surface area contributed by atoms with E-state index in [0.717, 1.165) is 11.3 Å². The van der Waals surface area contributed by atoms with E-state index in [0.29, 0.717) is 18.8 Å². The van der Waals surface area contributed by atoms with E-state index in [2.05, 4.69) is 15.8 Å². The normalized spacial score (nSPS) is 11.3. The molecule has 0 bridgehead atoms. The maximum atomic E-state index is 12.0. The summed E-state index contributed by atoms with van der Waals surface area (Å²) in [4.78, 5) is 27.8. The summed E-state index contributed by atoms with van der Waals surface area (Å²) < 4.78 is 10.9. The van der Waals surface area contributed by atoms with Gasteiger partial charge >= 0.3 is 0 Å². The van der Waals surface area contributed by atoms with Gasteiger partial charge < -0.3 is 9.47 Å². The number of hydrogen-bond acceptors (Lipinski definition) is 5. The minimum atomic E-state index is -0.758. The van der Waals surface area contributed by atoms with Crippen molar-refractivity contribution in [1.82, 2.24) is 15.8 Å². The third-order valence-corrected chi connectivity index (χ3v) is 3.51. The molecule has 2 rings (SSSR count). The van der Waals surface area contributed by atoms with Gasteiger partial charge in [0.1, 0.15) is 11.5 Å². The lowest BCUT2D eigenvalue weighted by Gasteiger charge is -2.15. The van der Waals surface area contributed by atoms with Crippen LogP contribution in [0.4, 0.5) is 0 Å². The highest BCUT2D eigenvalue weighted by molar-refractivity contribution is 5.84. The number of aromatic nitrogens is 1. The number of carbonyl (C=O) groups is 2. The van der Waals surface area contributed by atoms with E-state index >= 15 is 0 Å². The van der Waals surface area contributed by atoms with Gasteiger partial charge in [-0.2, -0.15) is 0 Å². The first-order chi connectivity index (χ1) is 12.6. The Kier molecular flexibility index (Phi) is 7.42. The molecule has 0 saturated carbocycles. The summed E-state index contributed by atoms with van der Waals surface area (Å²) in [6.45, 7) is 4.09. The Balaban J connectivity index is 1.71. The predicted molar refractivity (Wildman–Crippen MR) is 96.5 cm³/mol. The number of carbonyl (C=O) groups excluding carboxylic acids is 2. The van der Waals surface area contributed by atoms with E-state index in [4.69, 9.17) is 9.47 Å². The van der Waals surface area contributed by atoms with Gasteiger partial charge in [-0.3, -0.25) is 25.4 Å². The van der Waals surface area contributed by atoms with Gasteiger partial charge in [-0.1, -0.05) is 6.07 Å². The lowest BCUT2D eigenvalue weighted by Crippen LogP contribution is -2.47. The molecular weight excluding hydrogens is 334 g/mol. The first-order valence-corrected chi connectivity index (χ1v) is 8.45. The Bertz CT molecular complexity index is 704. The molecule has 2 N–H and O–H groups in total. The van der Waals surface area contributed by atoms with Crippen LogP contribution in [0, 0.1) is 0 Å². The van der Waals surface area contributed by atoms with Crippen molar-refractivity contribution in [3.8, 4) is 11.5 Å². The number of nitrogens with one attached hydrogen (secondary N) is 2. The molecule has 1 aromatic heterocycles. The predicted octanol–water partition coefficient (Wildman–Crippen LogP) is 2.03. The average molecular weight is 357 g/mol. The molecule has 1 aromatic carbocycles. The molecule has 2 aromatic rings. The second-order valence-electron chi connectivity index (χ2n) is 5.56. The topological polar surface area (TPSA) is 89.5 Å². The third-order valence-electron chi connectivity index (χ3n) is 3.51. The zero-order valence-corrected chi connectivity index (χ0v) is 14.9. The molecule has 0 spiro atoms. The standard InChI is InChI=1S/C19H23N3O4/c1-3-25-16-7-9-17(10-8-16)26-14(2)19(24)22-21-18(23)11-6-15-5-4-12-20-13-15/h4-5,7-10,12-14H,3,6,11H2,1-2H3,(H,21,23)(H,22,24). The van der Waals surface area contributed by atoms with Crippen LogP contribution in [0.3, 0.4) is 0 Å². The minimum absolute atomic E-state index is 0.250. The van der Waals surface area contributed by atoms with Crippen molar-refractivity contribution in [2.24, 2.45) is 0 Å². The minimum Gasteiger partial charge on any atom is -0.494 e. The number of hydrogen-bond donors (Lipinski definition) is 2. The molecule has 1 atom stereocenters. The van der Waals surface area contributed by atoms with Crippen molar-refractivity contribution < 1.29 is 19.1 Å². The fourth-order valence-electron chi connectivity index (χ4n) is 2.14. The number of aryl methyl sites for hydroxylation is 1. The van der Waals surface area contributed by atoms with E-state index in [9.17, 15) is 9.59 Å². The van der Waals surface area contributed by atoms with Crippen LogP contribution in [0.2, 0.25) is 0 Å². The summed E-state index contributed by atoms with van der Waals surface area (Å²) >= 11 is 0. The fraction of sp³-hybridized carbons (Fsp3) is 0.316. The van der Waals surface area contributed by atoms with Gasteiger partial charge in [0.05, 0.1) is 6.61 Å². The van der Waals surface area contributed by atoms with Crippen LogP contribution < -0.4 is 20.3 Å². The number of ether oxygens (including phenoxy) is 2. The maximum absolute atomic E-state index is 12.0. The molecule has 0 saturated heterocycles. The zero-order chi connectivity index (χ0) is 18.8. The van der Waals surface area contributed by atoms with Crippen molar-refractivity contribution in [3.63, 3.8) is 0 Å². The van der Waals surface area contributed by atoms with E-state index in [1.165, 1.54) is 0 Å². The first kappa shape index (κ1) is 19.2. The van der Waals surface area contributed by atoms with Crippen molar-refractivity contribution in [3.05, 3.63) is 54.4 Å². The van der Waals surface area contributed by atoms with Crippen molar-refractivity contribution in [1.29, 1.82) is 0 Å². The van der Waals surface area contributed by atoms with E-state index < -0.39 is 12.0 Å². The van der Waals surface area contributed by atoms with Crippen molar-refractivity contribution >= 4 is 11.8 Å². The molecule has 7 heteroatoms. The number of benzene rings is 1. The Labute approximate surface area is 152 Å². The van der Waals surface area contributed by atoms with Crippen LogP contribution in [-0.4, -0.2) is 29.5 Å². The van der Waals surface area contributed by atoms with Gasteiger partial charge in [0, 0.05) is 18.8 Å². The molecule has 0 aliphatic heterocycles. The molecule has 0 fully saturated rings. The van der Waals surface area contributed by atoms with Gasteiger partial charge in [0.2, 0.25) is 5.91 Å². The zero-order valence-electron chi connectivity index (χ0n) is 14.9. The van der Waals surface area contributed by atoms with Crippen LogP contribution in [0.5, 0.6) is 11.5 Å². The molecule has 0 aliphatic rings. The van der Waals surface area contributed by atoms with Gasteiger partial charge in [0.25, 0.3) is 5.91 Å². The van der Waals surface area contributed by atoms with Crippen LogP contribution in [0.1, 0.15) is 25.8 Å². The van der Waals surface area contributed by atoms with Gasteiger partial charge in [-0.15, -0.1) is 0 Å². The van der Waals surface area contributed by atoms with Gasteiger partial charge in [-0.05, 0) is 56.2 Å². The summed E-state index contributed by atoms with van der Waals surface area (Å²) in [5, 5.41) is 0. The smallest absolute Gasteiger partial charge is 0.279 e. The van der Waals surface area contributed by atoms with E-state index in [1.807, 2.05) is 19.1 Å². The van der Waals surface area contributed by atoms with Crippen LogP contribution in [0.15, 0.2) is 48.8 Å². The molecule has 1 heterocycles. The van der Waals surface area contributed by atoms with Crippen molar-refractivity contribution in [2.45, 2.75) is 32.8 Å². The molecule has 2 amide bonds. The second kappa shape index (κ2) is 10.0. The molecule has 0 radical (unpaired) electrons. The number of rotatable bonds is 8. The van der Waals surface area contributed by atoms with Crippen molar-refractivity contribution in [2.75, 3.05) is 6.61 Å². The van der Waals surface area contributed by atoms with Gasteiger partial charge in [0.15, 0.2) is 6.10 Å². The molecule has 7 nitrogen and oxygen atoms in total. The van der Waals surface area contributed by atoms with Crippen LogP contribution in [-0.2, 0) is 16.0 Å². The largest absolute Gasteiger partial charge is 0.494 e. The molecule has 0 aliphatic carbocycles. The van der Waals surface area contributed by atoms with E-state index in [1.54, 1.807) is 43.6 Å². The maximum Gasteiger partial charge on any atom is 0.279 e. The number of pyridine rings is 1. The fourth-order valence-corrected chi connectivity index (χ4v) is 2.14. The Morgan fingerprint density at radius 1 is 1.12 bits per heavy atom. The summed E-state index contributed by atoms with van der Waals surface area (Å²) in [6, 6.07) is 10.7. The molecule has 1 unspecified atom stereocenters. The summed E-state index contributed by atoms with van der Waals surface area (Å²) in [5.74, 6) is 0.556. The van der Waals surface area contributed by atoms with E-state index in [-0.39, 0.29) is 12.3 Å². The van der Waals surface area contributed by atoms with Crippen LogP contribution >= 0.6 is 0 Å². The highest BCUT2D eigenvalue weighted by Crippen LogP contribution is 2.18. The molecular formula is C19H23N3O4. The Hall–Kier alpha value is -3.09. The lowest BCUT2D eigenvalue weighted by atomic mass is 10.1. The highest BCUT2D eigenvalue weighted by Gasteiger charge is 2.15. The first-order valence-electron chi connectivity index (χ1n) is 8.45. The third kappa shape index (κ3) is 6.43. The molecule has 138 valence electrons. The Morgan fingerprint density at radius 2 is 1.85 bits per heavy atom. The van der Waals surface area contributed by atoms with Crippen LogP contribution in [0.25, 0.3) is 0 Å². The highest BCUT2D eigenvalue weighted by atomic mass is 16.5. The summed E-state index contributed by atoms with van der Waals surface area (Å²) in [6.07, 6.45) is 3.42. The lowest BCUT2D eigenvalue weighted by molar-refractivity contribution is -0.132. The number of amides is 2. The van der Waals surface area contributed by atoms with Gasteiger partial charge in [-0.25, -0.2) is 0 Å². The summed E-state index contributed by atoms with van der Waals surface area (Å²) in [7, 11) is 0. The monoisotopic (exact) mass is 357 g/mol. The number of hydrazine groups is 1. The average Bonchev–Trinajstić information content (AvgIpc) is 2.67. The number of nitrogens with zero attached hydrogens (tertiary/aromatic N) is 1. The quantitative estimate of drug-likeness (QED) is 0.706. The SMILES string of the molecule is CCOc1ccc(OC(C)C(=O)NNC(=O)CCc2cccnc2)cc1. The second-order valence-corrected chi connectivity index (χ2v) is 5.56. The Morgan fingerprint density at radius 3 is 2.50 bits per heavy atom. The molecule has 26 heavy (non-hydrogen) atoms. The summed E-state index contributed by atoms with van der Waals surface area (Å²) in [5.41, 5.74) is 5.71.